The van der Waals surface area contributed by atoms with Gasteiger partial charge in [-0.3, -0.25) is 5.01 Å². The summed E-state index contributed by atoms with van der Waals surface area (Å²) in [6, 6.07) is 7.40. The third kappa shape index (κ3) is 10.6. The molecule has 0 aromatic heterocycles. The molecule has 1 aliphatic rings. The summed E-state index contributed by atoms with van der Waals surface area (Å²) in [4.78, 5) is 0. The highest BCUT2D eigenvalue weighted by molar-refractivity contribution is 5.54. The third-order valence-electron chi connectivity index (χ3n) is 7.87. The Kier molecular flexibility index (Phi) is 13.6. The fraction of sp³-hybridized carbons (Fsp3) is 0.594. The lowest BCUT2D eigenvalue weighted by molar-refractivity contribution is 0.0714. The molecule has 2 rings (SSSR count). The Labute approximate surface area is 245 Å². The van der Waals surface area contributed by atoms with Gasteiger partial charge in [0.15, 0.2) is 0 Å². The van der Waals surface area contributed by atoms with Gasteiger partial charge in [-0.1, -0.05) is 83.4 Å². The van der Waals surface area contributed by atoms with Crippen LogP contribution >= 0.6 is 0 Å². The molecule has 0 saturated heterocycles. The number of hydrazine groups is 1. The lowest BCUT2D eigenvalue weighted by Gasteiger charge is -2.41. The van der Waals surface area contributed by atoms with Crippen LogP contribution in [0, 0.1) is 0 Å². The Bertz CT molecular complexity index is 1060. The maximum absolute atomic E-state index is 14.6. The second-order valence-electron chi connectivity index (χ2n) is 12.3. The first-order chi connectivity index (χ1) is 19.3. The molecule has 0 amide bonds. The number of nitrogens with two attached hydrogens (primary N) is 2. The van der Waals surface area contributed by atoms with Gasteiger partial charge in [0.1, 0.15) is 18.0 Å². The van der Waals surface area contributed by atoms with E-state index < -0.39 is 29.8 Å². The molecule has 1 aliphatic carbocycles. The van der Waals surface area contributed by atoms with E-state index in [2.05, 4.69) is 67.4 Å². The molecule has 3 atom stereocenters. The number of hydrogen-bond donors (Lipinski definition) is 5. The van der Waals surface area contributed by atoms with Crippen LogP contribution in [0.3, 0.4) is 0 Å². The highest BCUT2D eigenvalue weighted by Gasteiger charge is 2.36. The number of nitrogens with zero attached hydrogens (tertiary/aromatic N) is 2. The molecule has 1 saturated carbocycles. The number of allylic oxidation sites excluding steroid dienone is 3. The quantitative estimate of drug-likeness (QED) is 0.0615. The minimum atomic E-state index is -0.957. The van der Waals surface area contributed by atoms with Crippen LogP contribution in [0.4, 0.5) is 8.78 Å². The highest BCUT2D eigenvalue weighted by Crippen LogP contribution is 2.38. The summed E-state index contributed by atoms with van der Waals surface area (Å²) in [5.41, 5.74) is 2.56. The first-order valence-corrected chi connectivity index (χ1v) is 14.8. The van der Waals surface area contributed by atoms with Crippen molar-refractivity contribution in [2.24, 2.45) is 16.8 Å². The van der Waals surface area contributed by atoms with E-state index in [9.17, 15) is 13.9 Å². The zero-order valence-electron chi connectivity index (χ0n) is 25.6. The maximum Gasteiger partial charge on any atom is 0.126 e. The summed E-state index contributed by atoms with van der Waals surface area (Å²) in [6.07, 6.45) is 8.50. The summed E-state index contributed by atoms with van der Waals surface area (Å²) in [6.45, 7) is 15.0. The molecule has 1 fully saturated rings. The molecule has 9 heteroatoms. The molecule has 0 spiro atoms. The van der Waals surface area contributed by atoms with Crippen molar-refractivity contribution < 1.29 is 13.9 Å². The van der Waals surface area contributed by atoms with E-state index >= 15 is 0 Å². The number of aliphatic hydroxyl groups excluding tert-OH is 1. The standard InChI is InChI=1S/C32H52F2N6O/c1-7-16-37-24(3)28(34)20-27(33)17-23(2)18-29(40(36)22-39-35)30(41)21-38-32(14-9-8-10-15-32)26-13-11-12-25(19-26)31(4,5)6/h11-13,17,19-20,22,24,29-30,37-38,41H,2,7-10,14-16,18,21,35-36H2,1,3-6H3/b27-17+,28-20+,39-22-. The molecular weight excluding hydrogens is 522 g/mol. The summed E-state index contributed by atoms with van der Waals surface area (Å²) >= 11 is 0. The van der Waals surface area contributed by atoms with Crippen LogP contribution in [0.25, 0.3) is 0 Å². The second kappa shape index (κ2) is 16.2. The van der Waals surface area contributed by atoms with Crippen molar-refractivity contribution in [1.82, 2.24) is 15.6 Å². The first-order valence-electron chi connectivity index (χ1n) is 14.8. The summed E-state index contributed by atoms with van der Waals surface area (Å²) < 4.78 is 29.0. The van der Waals surface area contributed by atoms with Crippen molar-refractivity contribution in [2.45, 2.75) is 109 Å². The summed E-state index contributed by atoms with van der Waals surface area (Å²) in [5, 5.41) is 22.7. The zero-order valence-corrected chi connectivity index (χ0v) is 25.6. The van der Waals surface area contributed by atoms with Crippen molar-refractivity contribution in [3.8, 4) is 0 Å². The third-order valence-corrected chi connectivity index (χ3v) is 7.87. The Morgan fingerprint density at radius 1 is 1.22 bits per heavy atom. The van der Waals surface area contributed by atoms with Crippen LogP contribution in [-0.2, 0) is 11.0 Å². The van der Waals surface area contributed by atoms with Gasteiger partial charge in [-0.05, 0) is 61.8 Å². The predicted molar refractivity (Wildman–Crippen MR) is 166 cm³/mol. The molecule has 3 unspecified atom stereocenters. The summed E-state index contributed by atoms with van der Waals surface area (Å²) in [7, 11) is 0. The van der Waals surface area contributed by atoms with Gasteiger partial charge in [0, 0.05) is 18.2 Å². The first kappa shape index (κ1) is 34.6. The number of halogens is 2. The Balaban J connectivity index is 2.22. The van der Waals surface area contributed by atoms with Crippen molar-refractivity contribution in [3.05, 3.63) is 71.4 Å². The van der Waals surface area contributed by atoms with E-state index in [1.165, 1.54) is 28.9 Å². The average Bonchev–Trinajstić information content (AvgIpc) is 2.93. The van der Waals surface area contributed by atoms with Crippen LogP contribution in [-0.4, -0.2) is 47.7 Å². The van der Waals surface area contributed by atoms with Gasteiger partial charge in [0.2, 0.25) is 0 Å². The molecule has 1 aromatic carbocycles. The van der Waals surface area contributed by atoms with E-state index in [4.69, 9.17) is 11.7 Å². The van der Waals surface area contributed by atoms with Crippen LogP contribution in [0.15, 0.2) is 65.3 Å². The van der Waals surface area contributed by atoms with Crippen LogP contribution in [0.5, 0.6) is 0 Å². The molecule has 0 heterocycles. The molecule has 7 N–H and O–H groups in total. The van der Waals surface area contributed by atoms with Gasteiger partial charge in [-0.15, -0.1) is 0 Å². The number of nitrogens with one attached hydrogen (secondary N) is 2. The van der Waals surface area contributed by atoms with Crippen LogP contribution in [0.1, 0.15) is 90.7 Å². The van der Waals surface area contributed by atoms with E-state index in [0.717, 1.165) is 44.3 Å². The van der Waals surface area contributed by atoms with Crippen LogP contribution in [0.2, 0.25) is 0 Å². The normalized spacial score (nSPS) is 18.8. The van der Waals surface area contributed by atoms with Gasteiger partial charge in [-0.25, -0.2) is 14.6 Å². The minimum Gasteiger partial charge on any atom is -0.390 e. The molecule has 7 nitrogen and oxygen atoms in total. The largest absolute Gasteiger partial charge is 0.390 e. The number of hydrazone groups is 1. The highest BCUT2D eigenvalue weighted by atomic mass is 19.1. The van der Waals surface area contributed by atoms with E-state index in [1.54, 1.807) is 6.92 Å². The fourth-order valence-electron chi connectivity index (χ4n) is 5.32. The van der Waals surface area contributed by atoms with Crippen molar-refractivity contribution in [2.75, 3.05) is 13.1 Å². The average molecular weight is 575 g/mol. The molecular formula is C32H52F2N6O. The number of rotatable bonds is 15. The molecule has 0 radical (unpaired) electrons. The van der Waals surface area contributed by atoms with Gasteiger partial charge >= 0.3 is 0 Å². The Morgan fingerprint density at radius 3 is 2.51 bits per heavy atom. The van der Waals surface area contributed by atoms with Gasteiger partial charge in [0.05, 0.1) is 18.2 Å². The van der Waals surface area contributed by atoms with E-state index in [1.807, 2.05) is 6.92 Å². The molecule has 0 bridgehead atoms. The van der Waals surface area contributed by atoms with Crippen LogP contribution < -0.4 is 22.3 Å². The zero-order chi connectivity index (χ0) is 30.6. The Hall–Kier alpha value is -2.59. The van der Waals surface area contributed by atoms with Gasteiger partial charge in [-0.2, -0.15) is 5.10 Å². The smallest absolute Gasteiger partial charge is 0.126 e. The maximum atomic E-state index is 14.6. The van der Waals surface area contributed by atoms with Crippen molar-refractivity contribution >= 4 is 6.34 Å². The van der Waals surface area contributed by atoms with E-state index in [0.29, 0.717) is 12.1 Å². The lowest BCUT2D eigenvalue weighted by atomic mass is 9.74. The number of benzene rings is 1. The van der Waals surface area contributed by atoms with Gasteiger partial charge in [0.25, 0.3) is 0 Å². The second-order valence-corrected chi connectivity index (χ2v) is 12.3. The van der Waals surface area contributed by atoms with Crippen molar-refractivity contribution in [3.63, 3.8) is 0 Å². The molecule has 41 heavy (non-hydrogen) atoms. The SMILES string of the molecule is C=C(/C=C(F)\C=C(\F)C(C)NCCC)CC(C(O)CNC1(c2cccc(C(C)(C)C)c2)CCCCC1)N(N)/C=N\N. The minimum absolute atomic E-state index is 0.0173. The van der Waals surface area contributed by atoms with Crippen molar-refractivity contribution in [1.29, 1.82) is 0 Å². The molecule has 1 aromatic rings. The molecule has 230 valence electrons. The summed E-state index contributed by atoms with van der Waals surface area (Å²) in [5.74, 6) is 10.1. The topological polar surface area (TPSA) is 112 Å². The Morgan fingerprint density at radius 2 is 1.90 bits per heavy atom. The monoisotopic (exact) mass is 574 g/mol. The van der Waals surface area contributed by atoms with Gasteiger partial charge < -0.3 is 21.6 Å². The number of hydrogen-bond acceptors (Lipinski definition) is 6. The van der Waals surface area contributed by atoms with E-state index in [-0.39, 0.29) is 23.9 Å². The predicted octanol–water partition coefficient (Wildman–Crippen LogP) is 5.58. The molecule has 0 aliphatic heterocycles. The number of aliphatic hydroxyl groups is 1. The lowest BCUT2D eigenvalue weighted by Crippen LogP contribution is -2.54. The fourth-order valence-corrected chi connectivity index (χ4v) is 5.32.